The van der Waals surface area contributed by atoms with Crippen molar-refractivity contribution in [2.75, 3.05) is 14.2 Å². The Bertz CT molecular complexity index is 385. The first-order chi connectivity index (χ1) is 7.19. The molecule has 0 spiro atoms. The van der Waals surface area contributed by atoms with Gasteiger partial charge in [0.25, 0.3) is 0 Å². The van der Waals surface area contributed by atoms with Crippen LogP contribution < -0.4 is 4.74 Å². The number of para-hydroxylation sites is 1. The fourth-order valence-electron chi connectivity index (χ4n) is 1.10. The van der Waals surface area contributed by atoms with E-state index in [1.165, 1.54) is 20.3 Å². The Morgan fingerprint density at radius 3 is 2.73 bits per heavy atom. The van der Waals surface area contributed by atoms with Gasteiger partial charge in [0.2, 0.25) is 0 Å². The maximum Gasteiger partial charge on any atom is 0.330 e. The maximum absolute atomic E-state index is 10.9. The Balaban J connectivity index is 2.99. The first-order valence-electron chi connectivity index (χ1n) is 4.27. The Labute approximate surface area is 93.3 Å². The highest BCUT2D eigenvalue weighted by Gasteiger charge is 2.04. The summed E-state index contributed by atoms with van der Waals surface area (Å²) in [6.07, 6.45) is 2.91. The molecule has 15 heavy (non-hydrogen) atoms. The number of esters is 1. The van der Waals surface area contributed by atoms with Crippen LogP contribution in [0.1, 0.15) is 5.56 Å². The van der Waals surface area contributed by atoms with E-state index < -0.39 is 5.97 Å². The van der Waals surface area contributed by atoms with E-state index in [9.17, 15) is 4.79 Å². The van der Waals surface area contributed by atoms with Crippen LogP contribution in [-0.2, 0) is 9.53 Å². The Kier molecular flexibility index (Phi) is 4.18. The van der Waals surface area contributed by atoms with Crippen LogP contribution in [0.5, 0.6) is 5.75 Å². The summed E-state index contributed by atoms with van der Waals surface area (Å²) in [6.45, 7) is 0. The number of carbonyl (C=O) groups is 1. The first kappa shape index (κ1) is 11.6. The summed E-state index contributed by atoms with van der Waals surface area (Å²) in [6, 6.07) is 5.29. The van der Waals surface area contributed by atoms with Crippen LogP contribution in [0.15, 0.2) is 24.3 Å². The molecule has 0 unspecified atom stereocenters. The predicted octanol–water partition coefficient (Wildman–Crippen LogP) is 2.53. The molecule has 0 N–H and O–H groups in total. The molecular formula is C11H11ClO3. The van der Waals surface area contributed by atoms with Gasteiger partial charge in [-0.15, -0.1) is 0 Å². The molecule has 0 aromatic heterocycles. The SMILES string of the molecule is COC(=O)C=Cc1cccc(Cl)c1OC. The van der Waals surface area contributed by atoms with E-state index in [0.717, 1.165) is 5.56 Å². The molecule has 0 aliphatic carbocycles. The van der Waals surface area contributed by atoms with E-state index in [2.05, 4.69) is 4.74 Å². The van der Waals surface area contributed by atoms with Crippen LogP contribution in [0.2, 0.25) is 5.02 Å². The molecular weight excluding hydrogens is 216 g/mol. The van der Waals surface area contributed by atoms with Gasteiger partial charge in [-0.25, -0.2) is 4.79 Å². The van der Waals surface area contributed by atoms with Gasteiger partial charge in [0.1, 0.15) is 5.75 Å². The van der Waals surface area contributed by atoms with E-state index in [0.29, 0.717) is 10.8 Å². The molecule has 0 radical (unpaired) electrons. The van der Waals surface area contributed by atoms with Gasteiger partial charge in [-0.2, -0.15) is 0 Å². The molecule has 1 aromatic carbocycles. The summed E-state index contributed by atoms with van der Waals surface area (Å²) in [4.78, 5) is 10.9. The second-order valence-corrected chi connectivity index (χ2v) is 3.13. The summed E-state index contributed by atoms with van der Waals surface area (Å²) in [5, 5.41) is 0.504. The molecule has 0 amide bonds. The van der Waals surface area contributed by atoms with Crippen molar-refractivity contribution in [3.05, 3.63) is 34.9 Å². The summed E-state index contributed by atoms with van der Waals surface area (Å²) in [7, 11) is 2.85. The second-order valence-electron chi connectivity index (χ2n) is 2.72. The van der Waals surface area contributed by atoms with Crippen molar-refractivity contribution in [1.82, 2.24) is 0 Å². The molecule has 0 bridgehead atoms. The van der Waals surface area contributed by atoms with Gasteiger partial charge in [0, 0.05) is 11.6 Å². The fraction of sp³-hybridized carbons (Fsp3) is 0.182. The topological polar surface area (TPSA) is 35.5 Å². The standard InChI is InChI=1S/C11H11ClO3/c1-14-10(13)7-6-8-4-3-5-9(12)11(8)15-2/h3-7H,1-2H3. The van der Waals surface area contributed by atoms with Crippen LogP contribution in [0.3, 0.4) is 0 Å². The molecule has 0 aliphatic rings. The zero-order valence-corrected chi connectivity index (χ0v) is 9.25. The molecule has 0 saturated heterocycles. The highest BCUT2D eigenvalue weighted by molar-refractivity contribution is 6.32. The first-order valence-corrected chi connectivity index (χ1v) is 4.65. The van der Waals surface area contributed by atoms with Gasteiger partial charge in [-0.05, 0) is 12.1 Å². The molecule has 0 aliphatic heterocycles. The van der Waals surface area contributed by atoms with Gasteiger partial charge in [0.15, 0.2) is 0 Å². The highest BCUT2D eigenvalue weighted by Crippen LogP contribution is 2.28. The molecule has 4 heteroatoms. The van der Waals surface area contributed by atoms with Crippen molar-refractivity contribution in [3.63, 3.8) is 0 Å². The predicted molar refractivity (Wildman–Crippen MR) is 59.1 cm³/mol. The average molecular weight is 227 g/mol. The molecule has 1 rings (SSSR count). The molecule has 3 nitrogen and oxygen atoms in total. The minimum absolute atomic E-state index is 0.419. The zero-order chi connectivity index (χ0) is 11.3. The van der Waals surface area contributed by atoms with Crippen molar-refractivity contribution in [2.45, 2.75) is 0 Å². The lowest BCUT2D eigenvalue weighted by Crippen LogP contribution is -1.94. The minimum Gasteiger partial charge on any atom is -0.495 e. The van der Waals surface area contributed by atoms with Crippen LogP contribution in [0.4, 0.5) is 0 Å². The molecule has 80 valence electrons. The molecule has 0 fully saturated rings. The molecule has 0 saturated carbocycles. The quantitative estimate of drug-likeness (QED) is 0.587. The minimum atomic E-state index is -0.419. The molecule has 0 heterocycles. The molecule has 1 aromatic rings. The van der Waals surface area contributed by atoms with Crippen LogP contribution in [0.25, 0.3) is 6.08 Å². The number of hydrogen-bond donors (Lipinski definition) is 0. The largest absolute Gasteiger partial charge is 0.495 e. The lowest BCUT2D eigenvalue weighted by Gasteiger charge is -2.05. The van der Waals surface area contributed by atoms with E-state index in [1.807, 2.05) is 0 Å². The fourth-order valence-corrected chi connectivity index (χ4v) is 1.36. The second kappa shape index (κ2) is 5.41. The van der Waals surface area contributed by atoms with Crippen LogP contribution in [0, 0.1) is 0 Å². The van der Waals surface area contributed by atoms with E-state index in [4.69, 9.17) is 16.3 Å². The van der Waals surface area contributed by atoms with Gasteiger partial charge < -0.3 is 9.47 Å². The van der Waals surface area contributed by atoms with E-state index >= 15 is 0 Å². The van der Waals surface area contributed by atoms with Crippen LogP contribution >= 0.6 is 11.6 Å². The van der Waals surface area contributed by atoms with Crippen molar-refractivity contribution >= 4 is 23.6 Å². The van der Waals surface area contributed by atoms with E-state index in [1.54, 1.807) is 24.3 Å². The Morgan fingerprint density at radius 1 is 1.40 bits per heavy atom. The Morgan fingerprint density at radius 2 is 2.13 bits per heavy atom. The van der Waals surface area contributed by atoms with E-state index in [-0.39, 0.29) is 0 Å². The van der Waals surface area contributed by atoms with Crippen molar-refractivity contribution in [3.8, 4) is 5.75 Å². The lowest BCUT2D eigenvalue weighted by atomic mass is 10.2. The number of rotatable bonds is 3. The number of methoxy groups -OCH3 is 2. The maximum atomic E-state index is 10.9. The summed E-state index contributed by atoms with van der Waals surface area (Å²) in [5.41, 5.74) is 0.732. The van der Waals surface area contributed by atoms with Gasteiger partial charge in [0.05, 0.1) is 19.2 Å². The third-order valence-corrected chi connectivity index (χ3v) is 2.10. The monoisotopic (exact) mass is 226 g/mol. The number of carbonyl (C=O) groups excluding carboxylic acids is 1. The van der Waals surface area contributed by atoms with Gasteiger partial charge in [-0.3, -0.25) is 0 Å². The normalized spacial score (nSPS) is 10.3. The number of halogens is 1. The van der Waals surface area contributed by atoms with Gasteiger partial charge >= 0.3 is 5.97 Å². The lowest BCUT2D eigenvalue weighted by molar-refractivity contribution is -0.134. The van der Waals surface area contributed by atoms with Crippen molar-refractivity contribution in [2.24, 2.45) is 0 Å². The zero-order valence-electron chi connectivity index (χ0n) is 8.49. The summed E-state index contributed by atoms with van der Waals surface area (Å²) in [5.74, 6) is 0.122. The smallest absolute Gasteiger partial charge is 0.330 e. The average Bonchev–Trinajstić information content (AvgIpc) is 2.25. The third-order valence-electron chi connectivity index (χ3n) is 1.80. The number of ether oxygens (including phenoxy) is 2. The third kappa shape index (κ3) is 2.99. The number of benzene rings is 1. The van der Waals surface area contributed by atoms with Gasteiger partial charge in [-0.1, -0.05) is 23.7 Å². The van der Waals surface area contributed by atoms with Crippen LogP contribution in [-0.4, -0.2) is 20.2 Å². The Hall–Kier alpha value is -1.48. The van der Waals surface area contributed by atoms with Crippen molar-refractivity contribution in [1.29, 1.82) is 0 Å². The summed E-state index contributed by atoms with van der Waals surface area (Å²) >= 11 is 5.90. The summed E-state index contributed by atoms with van der Waals surface area (Å²) < 4.78 is 9.58. The molecule has 0 atom stereocenters. The highest BCUT2D eigenvalue weighted by atomic mass is 35.5. The number of hydrogen-bond acceptors (Lipinski definition) is 3. The van der Waals surface area contributed by atoms with Crippen molar-refractivity contribution < 1.29 is 14.3 Å².